The average molecular weight is 444 g/mol. The number of benzene rings is 1. The van der Waals surface area contributed by atoms with Crippen LogP contribution in [0.2, 0.25) is 0 Å². The van der Waals surface area contributed by atoms with Crippen molar-refractivity contribution >= 4 is 23.5 Å². The predicted molar refractivity (Wildman–Crippen MR) is 103 cm³/mol. The van der Waals surface area contributed by atoms with Crippen molar-refractivity contribution in [1.29, 1.82) is 0 Å². The summed E-state index contributed by atoms with van der Waals surface area (Å²) in [5.74, 6) is -5.37. The second-order valence-electron chi connectivity index (χ2n) is 8.34. The Balaban J connectivity index is 1.75. The lowest BCUT2D eigenvalue weighted by atomic mass is 9.73. The van der Waals surface area contributed by atoms with Crippen molar-refractivity contribution in [2.45, 2.75) is 63.0 Å². The number of ketones is 2. The van der Waals surface area contributed by atoms with Gasteiger partial charge in [-0.1, -0.05) is 12.1 Å². The van der Waals surface area contributed by atoms with Gasteiger partial charge in [0.15, 0.2) is 17.7 Å². The van der Waals surface area contributed by atoms with Crippen LogP contribution in [0.1, 0.15) is 47.4 Å². The molecule has 168 valence electrons. The highest BCUT2D eigenvalue weighted by Gasteiger charge is 2.65. The number of fused-ring (bicyclic) bond motifs is 4. The molecule has 1 aromatic rings. The molecule has 0 saturated carbocycles. The van der Waals surface area contributed by atoms with Gasteiger partial charge in [0.05, 0.1) is 29.2 Å². The van der Waals surface area contributed by atoms with Gasteiger partial charge in [-0.3, -0.25) is 19.2 Å². The zero-order valence-electron chi connectivity index (χ0n) is 17.2. The molecule has 2 saturated heterocycles. The number of esters is 2. The Bertz CT molecular complexity index is 1100. The zero-order valence-corrected chi connectivity index (χ0v) is 17.2. The molecule has 0 aromatic heterocycles. The van der Waals surface area contributed by atoms with E-state index in [0.29, 0.717) is 0 Å². The van der Waals surface area contributed by atoms with E-state index in [-0.39, 0.29) is 35.1 Å². The minimum atomic E-state index is -2.20. The summed E-state index contributed by atoms with van der Waals surface area (Å²) >= 11 is 0. The van der Waals surface area contributed by atoms with Crippen molar-refractivity contribution in [2.75, 3.05) is 0 Å². The van der Waals surface area contributed by atoms with E-state index in [1.807, 2.05) is 0 Å². The van der Waals surface area contributed by atoms with Crippen molar-refractivity contribution in [2.24, 2.45) is 0 Å². The molecule has 0 amide bonds. The molecule has 6 atom stereocenters. The molecule has 2 N–H and O–H groups in total. The molecular weight excluding hydrogens is 424 g/mol. The Kier molecular flexibility index (Phi) is 4.52. The zero-order chi connectivity index (χ0) is 22.9. The first-order valence-electron chi connectivity index (χ1n) is 10.2. The lowest BCUT2D eigenvalue weighted by Crippen LogP contribution is -2.66. The van der Waals surface area contributed by atoms with Gasteiger partial charge < -0.3 is 29.2 Å². The number of aliphatic hydroxyl groups is 1. The standard InChI is InChI=1S/C22H20O10/c1-8-6-13(29-9(2)23)21(28)22(31-8)17-16(20-12(32-22)7-14(25)30-20)18(26)10-4-3-5-11(24)15(10)19(17)27/h3-5,8,12-13,20-21,24,28H,6-7H2,1-2H3/t8-,12-,13-,20+,21-,22+/m0/s1. The van der Waals surface area contributed by atoms with Crippen LogP contribution in [0.4, 0.5) is 0 Å². The first-order valence-corrected chi connectivity index (χ1v) is 10.2. The number of hydrogen-bond donors (Lipinski definition) is 2. The van der Waals surface area contributed by atoms with Crippen LogP contribution in [-0.4, -0.2) is 70.0 Å². The number of carbonyl (C=O) groups excluding carboxylic acids is 4. The molecule has 0 unspecified atom stereocenters. The van der Waals surface area contributed by atoms with E-state index in [0.717, 1.165) is 0 Å². The molecule has 1 spiro atoms. The minimum absolute atomic E-state index is 0.0533. The van der Waals surface area contributed by atoms with E-state index in [4.69, 9.17) is 18.9 Å². The summed E-state index contributed by atoms with van der Waals surface area (Å²) in [6.07, 6.45) is -5.73. The number of ether oxygens (including phenoxy) is 4. The Hall–Kier alpha value is -3.08. The molecular formula is C22H20O10. The molecule has 1 aromatic carbocycles. The van der Waals surface area contributed by atoms with Crippen molar-refractivity contribution in [1.82, 2.24) is 0 Å². The van der Waals surface area contributed by atoms with Gasteiger partial charge in [0, 0.05) is 18.9 Å². The molecule has 0 radical (unpaired) electrons. The first kappa shape index (κ1) is 20.8. The number of phenols is 1. The number of rotatable bonds is 1. The summed E-state index contributed by atoms with van der Waals surface area (Å²) in [6.45, 7) is 2.81. The van der Waals surface area contributed by atoms with Crippen LogP contribution in [-0.2, 0) is 28.5 Å². The topological polar surface area (TPSA) is 146 Å². The lowest BCUT2D eigenvalue weighted by molar-refractivity contribution is -0.336. The van der Waals surface area contributed by atoms with Crippen LogP contribution in [0, 0.1) is 0 Å². The fourth-order valence-corrected chi connectivity index (χ4v) is 5.01. The molecule has 3 heterocycles. The maximum Gasteiger partial charge on any atom is 0.309 e. The van der Waals surface area contributed by atoms with Crippen LogP contribution < -0.4 is 0 Å². The van der Waals surface area contributed by atoms with Gasteiger partial charge in [-0.2, -0.15) is 0 Å². The number of phenolic OH excluding ortho intramolecular Hbond substituents is 1. The van der Waals surface area contributed by atoms with E-state index < -0.39 is 65.6 Å². The summed E-state index contributed by atoms with van der Waals surface area (Å²) < 4.78 is 22.6. The Morgan fingerprint density at radius 1 is 1.19 bits per heavy atom. The Morgan fingerprint density at radius 2 is 1.94 bits per heavy atom. The van der Waals surface area contributed by atoms with Crippen molar-refractivity contribution < 1.29 is 48.3 Å². The summed E-state index contributed by atoms with van der Waals surface area (Å²) in [5, 5.41) is 21.6. The molecule has 1 aliphatic carbocycles. The molecule has 3 aliphatic heterocycles. The quantitative estimate of drug-likeness (QED) is 0.590. The highest BCUT2D eigenvalue weighted by atomic mass is 16.7. The normalized spacial score (nSPS) is 35.8. The SMILES string of the molecule is CC(=O)O[C@H]1C[C@H](C)O[C@]2(O[C@H]3CC(=O)O[C@H]3C3=C2C(=O)c2c(O)cccc2C3=O)[C@H]1O. The highest BCUT2D eigenvalue weighted by Crippen LogP contribution is 2.51. The molecule has 0 bridgehead atoms. The van der Waals surface area contributed by atoms with Gasteiger partial charge in [-0.25, -0.2) is 0 Å². The second-order valence-corrected chi connectivity index (χ2v) is 8.34. The molecule has 32 heavy (non-hydrogen) atoms. The molecule has 10 nitrogen and oxygen atoms in total. The van der Waals surface area contributed by atoms with Crippen LogP contribution in [0.25, 0.3) is 0 Å². The van der Waals surface area contributed by atoms with Crippen LogP contribution >= 0.6 is 0 Å². The van der Waals surface area contributed by atoms with Gasteiger partial charge in [-0.15, -0.1) is 0 Å². The summed E-state index contributed by atoms with van der Waals surface area (Å²) in [6, 6.07) is 4.06. The minimum Gasteiger partial charge on any atom is -0.507 e. The number of aromatic hydroxyl groups is 1. The largest absolute Gasteiger partial charge is 0.507 e. The monoisotopic (exact) mass is 444 g/mol. The van der Waals surface area contributed by atoms with Crippen molar-refractivity contribution in [3.63, 3.8) is 0 Å². The molecule has 10 heteroatoms. The maximum atomic E-state index is 13.7. The lowest BCUT2D eigenvalue weighted by Gasteiger charge is -2.51. The second kappa shape index (κ2) is 6.96. The van der Waals surface area contributed by atoms with Crippen LogP contribution in [0.3, 0.4) is 0 Å². The number of aliphatic hydroxyl groups excluding tert-OH is 1. The van der Waals surface area contributed by atoms with E-state index in [1.54, 1.807) is 6.92 Å². The average Bonchev–Trinajstić information content (AvgIpc) is 3.08. The molecule has 4 aliphatic rings. The fraction of sp³-hybridized carbons (Fsp3) is 0.455. The third-order valence-corrected chi connectivity index (χ3v) is 6.18. The highest BCUT2D eigenvalue weighted by molar-refractivity contribution is 6.29. The number of hydrogen-bond acceptors (Lipinski definition) is 10. The van der Waals surface area contributed by atoms with Crippen molar-refractivity contribution in [3.8, 4) is 5.75 Å². The van der Waals surface area contributed by atoms with E-state index >= 15 is 0 Å². The van der Waals surface area contributed by atoms with Gasteiger partial charge in [0.25, 0.3) is 0 Å². The van der Waals surface area contributed by atoms with E-state index in [1.165, 1.54) is 25.1 Å². The smallest absolute Gasteiger partial charge is 0.309 e. The van der Waals surface area contributed by atoms with Crippen molar-refractivity contribution in [3.05, 3.63) is 40.5 Å². The molecule has 2 fully saturated rings. The van der Waals surface area contributed by atoms with Crippen LogP contribution in [0.15, 0.2) is 29.3 Å². The summed E-state index contributed by atoms with van der Waals surface area (Å²) in [5.41, 5.74) is -0.837. The third kappa shape index (κ3) is 2.76. The Morgan fingerprint density at radius 3 is 2.66 bits per heavy atom. The van der Waals surface area contributed by atoms with Crippen LogP contribution in [0.5, 0.6) is 5.75 Å². The van der Waals surface area contributed by atoms with E-state index in [9.17, 15) is 29.4 Å². The maximum absolute atomic E-state index is 13.7. The van der Waals surface area contributed by atoms with E-state index in [2.05, 4.69) is 0 Å². The van der Waals surface area contributed by atoms with Gasteiger partial charge in [-0.05, 0) is 13.0 Å². The summed E-state index contributed by atoms with van der Waals surface area (Å²) in [4.78, 5) is 50.8. The van der Waals surface area contributed by atoms with Gasteiger partial charge in [0.2, 0.25) is 5.79 Å². The molecule has 5 rings (SSSR count). The van der Waals surface area contributed by atoms with Gasteiger partial charge in [0.1, 0.15) is 24.1 Å². The Labute approximate surface area is 181 Å². The third-order valence-electron chi connectivity index (χ3n) is 6.18. The number of Topliss-reactive ketones (excluding diaryl/α,β-unsaturated/α-hetero) is 2. The fourth-order valence-electron chi connectivity index (χ4n) is 5.01. The summed E-state index contributed by atoms with van der Waals surface area (Å²) in [7, 11) is 0. The predicted octanol–water partition coefficient (Wildman–Crippen LogP) is 0.580. The van der Waals surface area contributed by atoms with Gasteiger partial charge >= 0.3 is 11.9 Å². The number of carbonyl (C=O) groups is 4. The first-order chi connectivity index (χ1) is 15.1.